The minimum absolute atomic E-state index is 0.196. The van der Waals surface area contributed by atoms with E-state index in [-0.39, 0.29) is 17.7 Å². The van der Waals surface area contributed by atoms with E-state index in [1.165, 1.54) is 6.07 Å². The van der Waals surface area contributed by atoms with Gasteiger partial charge in [0.1, 0.15) is 11.6 Å². The maximum absolute atomic E-state index is 12.8. The Hall–Kier alpha value is -3.12. The van der Waals surface area contributed by atoms with Crippen LogP contribution in [0.25, 0.3) is 11.0 Å². The van der Waals surface area contributed by atoms with Crippen molar-refractivity contribution in [1.82, 2.24) is 5.32 Å². The maximum Gasteiger partial charge on any atom is 0.336 e. The quantitative estimate of drug-likeness (QED) is 0.593. The van der Waals surface area contributed by atoms with Gasteiger partial charge in [-0.2, -0.15) is 0 Å². The standard InChI is InChI=1S/C22H21ClN2O4/c1-13(2)11-18(25-21(27)14-3-6-16(23)7-4-14)22(28)24-17-8-9-19-15(12-17)5-10-20(26)29-19/h3-10,12-13,18H,11H2,1-2H3,(H,24,28)(H,25,27). The molecule has 0 saturated heterocycles. The Bertz CT molecular complexity index is 1090. The molecule has 0 spiro atoms. The monoisotopic (exact) mass is 412 g/mol. The average molecular weight is 413 g/mol. The number of nitrogens with one attached hydrogen (secondary N) is 2. The van der Waals surface area contributed by atoms with E-state index in [1.54, 1.807) is 48.5 Å². The molecule has 2 N–H and O–H groups in total. The molecule has 150 valence electrons. The SMILES string of the molecule is CC(C)CC(NC(=O)c1ccc(Cl)cc1)C(=O)Nc1ccc2oc(=O)ccc2c1. The summed E-state index contributed by atoms with van der Waals surface area (Å²) in [6.45, 7) is 3.96. The van der Waals surface area contributed by atoms with Gasteiger partial charge in [-0.25, -0.2) is 4.79 Å². The number of carbonyl (C=O) groups is 2. The van der Waals surface area contributed by atoms with Gasteiger partial charge in [0.25, 0.3) is 5.91 Å². The Balaban J connectivity index is 1.76. The summed E-state index contributed by atoms with van der Waals surface area (Å²) in [5.41, 5.74) is 0.976. The molecule has 6 nitrogen and oxygen atoms in total. The van der Waals surface area contributed by atoms with Crippen LogP contribution in [-0.2, 0) is 4.79 Å². The second-order valence-corrected chi connectivity index (χ2v) is 7.60. The zero-order valence-corrected chi connectivity index (χ0v) is 16.8. The lowest BCUT2D eigenvalue weighted by atomic mass is 10.0. The van der Waals surface area contributed by atoms with Crippen LogP contribution in [0.3, 0.4) is 0 Å². The fourth-order valence-corrected chi connectivity index (χ4v) is 3.05. The highest BCUT2D eigenvalue weighted by Gasteiger charge is 2.23. The molecule has 1 unspecified atom stereocenters. The summed E-state index contributed by atoms with van der Waals surface area (Å²) in [5.74, 6) is -0.470. The lowest BCUT2D eigenvalue weighted by molar-refractivity contribution is -0.118. The molecule has 0 aliphatic heterocycles. The molecule has 1 aromatic heterocycles. The van der Waals surface area contributed by atoms with Crippen LogP contribution < -0.4 is 16.3 Å². The molecule has 7 heteroatoms. The molecule has 0 aliphatic carbocycles. The number of rotatable bonds is 6. The molecule has 0 radical (unpaired) electrons. The second kappa shape index (κ2) is 8.92. The first-order valence-electron chi connectivity index (χ1n) is 9.23. The molecule has 3 aromatic rings. The molecule has 2 amide bonds. The predicted molar refractivity (Wildman–Crippen MR) is 113 cm³/mol. The van der Waals surface area contributed by atoms with Gasteiger partial charge in [0, 0.05) is 27.7 Å². The summed E-state index contributed by atoms with van der Waals surface area (Å²) in [6, 6.07) is 13.7. The number of hydrogen-bond acceptors (Lipinski definition) is 4. The first-order valence-corrected chi connectivity index (χ1v) is 9.61. The highest BCUT2D eigenvalue weighted by Crippen LogP contribution is 2.19. The molecule has 1 heterocycles. The third kappa shape index (κ3) is 5.45. The number of amides is 2. The summed E-state index contributed by atoms with van der Waals surface area (Å²) in [4.78, 5) is 36.7. The van der Waals surface area contributed by atoms with Gasteiger partial charge < -0.3 is 15.1 Å². The summed E-state index contributed by atoms with van der Waals surface area (Å²) < 4.78 is 5.10. The Kier molecular flexibility index (Phi) is 6.34. The van der Waals surface area contributed by atoms with Crippen molar-refractivity contribution in [3.8, 4) is 0 Å². The number of benzene rings is 2. The minimum atomic E-state index is -0.706. The van der Waals surface area contributed by atoms with Crippen molar-refractivity contribution in [2.75, 3.05) is 5.32 Å². The van der Waals surface area contributed by atoms with E-state index < -0.39 is 11.7 Å². The molecule has 0 aliphatic rings. The maximum atomic E-state index is 12.8. The Morgan fingerprint density at radius 2 is 1.76 bits per heavy atom. The lowest BCUT2D eigenvalue weighted by Gasteiger charge is -2.20. The van der Waals surface area contributed by atoms with Crippen LogP contribution in [0.2, 0.25) is 5.02 Å². The topological polar surface area (TPSA) is 88.4 Å². The number of fused-ring (bicyclic) bond motifs is 1. The van der Waals surface area contributed by atoms with Crippen LogP contribution >= 0.6 is 11.6 Å². The van der Waals surface area contributed by atoms with Gasteiger partial charge in [-0.05, 0) is 60.9 Å². The lowest BCUT2D eigenvalue weighted by Crippen LogP contribution is -2.44. The Labute approximate surface area is 172 Å². The molecule has 0 bridgehead atoms. The van der Waals surface area contributed by atoms with E-state index in [0.29, 0.717) is 33.7 Å². The van der Waals surface area contributed by atoms with Crippen LogP contribution in [-0.4, -0.2) is 17.9 Å². The van der Waals surface area contributed by atoms with Gasteiger partial charge in [-0.15, -0.1) is 0 Å². The largest absolute Gasteiger partial charge is 0.423 e. The summed E-state index contributed by atoms with van der Waals surface area (Å²) in [5, 5.41) is 6.84. The van der Waals surface area contributed by atoms with E-state index in [2.05, 4.69) is 10.6 Å². The minimum Gasteiger partial charge on any atom is -0.423 e. The molecule has 0 fully saturated rings. The zero-order valence-electron chi connectivity index (χ0n) is 16.1. The van der Waals surface area contributed by atoms with Crippen molar-refractivity contribution in [2.24, 2.45) is 5.92 Å². The molecule has 2 aromatic carbocycles. The molecule has 1 atom stereocenters. The van der Waals surface area contributed by atoms with Gasteiger partial charge in [0.2, 0.25) is 5.91 Å². The van der Waals surface area contributed by atoms with Crippen LogP contribution in [0.1, 0.15) is 30.6 Å². The fraction of sp³-hybridized carbons (Fsp3) is 0.227. The summed E-state index contributed by atoms with van der Waals surface area (Å²) >= 11 is 5.86. The van der Waals surface area contributed by atoms with E-state index >= 15 is 0 Å². The van der Waals surface area contributed by atoms with Crippen molar-refractivity contribution in [3.05, 3.63) is 75.6 Å². The van der Waals surface area contributed by atoms with E-state index in [9.17, 15) is 14.4 Å². The van der Waals surface area contributed by atoms with Gasteiger partial charge in [0.05, 0.1) is 0 Å². The number of hydrogen-bond donors (Lipinski definition) is 2. The van der Waals surface area contributed by atoms with Crippen molar-refractivity contribution in [3.63, 3.8) is 0 Å². The van der Waals surface area contributed by atoms with Crippen molar-refractivity contribution >= 4 is 40.1 Å². The molecular weight excluding hydrogens is 392 g/mol. The smallest absolute Gasteiger partial charge is 0.336 e. The van der Waals surface area contributed by atoms with Crippen LogP contribution in [0.4, 0.5) is 5.69 Å². The van der Waals surface area contributed by atoms with Crippen molar-refractivity contribution < 1.29 is 14.0 Å². The molecule has 3 rings (SSSR count). The Morgan fingerprint density at radius 1 is 1.03 bits per heavy atom. The van der Waals surface area contributed by atoms with E-state index in [4.69, 9.17) is 16.0 Å². The average Bonchev–Trinajstić information content (AvgIpc) is 2.67. The highest BCUT2D eigenvalue weighted by atomic mass is 35.5. The summed E-state index contributed by atoms with van der Waals surface area (Å²) in [6.07, 6.45) is 0.480. The normalized spacial score (nSPS) is 12.0. The summed E-state index contributed by atoms with van der Waals surface area (Å²) in [7, 11) is 0. The van der Waals surface area contributed by atoms with E-state index in [0.717, 1.165) is 0 Å². The number of carbonyl (C=O) groups excluding carboxylic acids is 2. The van der Waals surface area contributed by atoms with Gasteiger partial charge in [0.15, 0.2) is 0 Å². The zero-order chi connectivity index (χ0) is 21.0. The van der Waals surface area contributed by atoms with E-state index in [1.807, 2.05) is 13.8 Å². The molecular formula is C22H21ClN2O4. The second-order valence-electron chi connectivity index (χ2n) is 7.16. The third-order valence-electron chi connectivity index (χ3n) is 4.32. The van der Waals surface area contributed by atoms with Gasteiger partial charge in [-0.3, -0.25) is 9.59 Å². The van der Waals surface area contributed by atoms with Crippen molar-refractivity contribution in [1.29, 1.82) is 0 Å². The van der Waals surface area contributed by atoms with Gasteiger partial charge >= 0.3 is 5.63 Å². The third-order valence-corrected chi connectivity index (χ3v) is 4.57. The molecule has 0 saturated carbocycles. The Morgan fingerprint density at radius 3 is 2.45 bits per heavy atom. The van der Waals surface area contributed by atoms with Crippen LogP contribution in [0, 0.1) is 5.92 Å². The first-order chi connectivity index (χ1) is 13.8. The molecule has 29 heavy (non-hydrogen) atoms. The van der Waals surface area contributed by atoms with Crippen LogP contribution in [0.15, 0.2) is 63.8 Å². The van der Waals surface area contributed by atoms with Crippen molar-refractivity contribution in [2.45, 2.75) is 26.3 Å². The first kappa shape index (κ1) is 20.6. The predicted octanol–water partition coefficient (Wildman–Crippen LogP) is 4.23. The number of halogens is 1. The highest BCUT2D eigenvalue weighted by molar-refractivity contribution is 6.30. The van der Waals surface area contributed by atoms with Gasteiger partial charge in [-0.1, -0.05) is 25.4 Å². The number of anilines is 1. The fourth-order valence-electron chi connectivity index (χ4n) is 2.92. The van der Waals surface area contributed by atoms with Crippen LogP contribution in [0.5, 0.6) is 0 Å².